The van der Waals surface area contributed by atoms with Crippen molar-refractivity contribution in [3.63, 3.8) is 0 Å². The molecule has 128 valence electrons. The van der Waals surface area contributed by atoms with Gasteiger partial charge in [-0.3, -0.25) is 4.99 Å². The lowest BCUT2D eigenvalue weighted by Crippen LogP contribution is -2.38. The molecule has 0 aliphatic rings. The van der Waals surface area contributed by atoms with E-state index in [1.54, 1.807) is 38.4 Å². The topological polar surface area (TPSA) is 57.1 Å². The summed E-state index contributed by atoms with van der Waals surface area (Å²) in [7, 11) is 5.12. The lowest BCUT2D eigenvalue weighted by atomic mass is 10.2. The summed E-state index contributed by atoms with van der Waals surface area (Å²) in [5.41, 5.74) is 1.55. The number of halogens is 1. The quantitative estimate of drug-likeness (QED) is 0.653. The average Bonchev–Trinajstić information content (AvgIpc) is 2.57. The minimum Gasteiger partial charge on any atom is -0.508 e. The number of hydrogen-bond acceptors (Lipinski definition) is 3. The van der Waals surface area contributed by atoms with Crippen LogP contribution in [0.1, 0.15) is 11.1 Å². The molecule has 0 radical (unpaired) electrons. The van der Waals surface area contributed by atoms with Crippen molar-refractivity contribution in [3.8, 4) is 11.5 Å². The van der Waals surface area contributed by atoms with Crippen LogP contribution in [0.3, 0.4) is 0 Å². The molecular formula is C18H22FN3O2. The zero-order chi connectivity index (χ0) is 17.5. The predicted octanol–water partition coefficient (Wildman–Crippen LogP) is 2.75. The number of methoxy groups -OCH3 is 1. The fourth-order valence-electron chi connectivity index (χ4n) is 2.37. The third-order valence-electron chi connectivity index (χ3n) is 3.61. The van der Waals surface area contributed by atoms with E-state index in [0.29, 0.717) is 30.4 Å². The van der Waals surface area contributed by atoms with Crippen molar-refractivity contribution in [2.75, 3.05) is 21.2 Å². The van der Waals surface area contributed by atoms with Crippen molar-refractivity contribution < 1.29 is 14.2 Å². The third kappa shape index (κ3) is 4.62. The Kier molecular flexibility index (Phi) is 6.01. The molecule has 2 aromatic carbocycles. The van der Waals surface area contributed by atoms with Crippen molar-refractivity contribution in [1.82, 2.24) is 10.2 Å². The second-order valence-electron chi connectivity index (χ2n) is 5.38. The first-order valence-corrected chi connectivity index (χ1v) is 7.55. The van der Waals surface area contributed by atoms with E-state index in [-0.39, 0.29) is 11.6 Å². The molecule has 24 heavy (non-hydrogen) atoms. The molecule has 0 atom stereocenters. The molecule has 0 saturated carbocycles. The van der Waals surface area contributed by atoms with Crippen LogP contribution in [-0.4, -0.2) is 37.2 Å². The maximum atomic E-state index is 13.3. The van der Waals surface area contributed by atoms with Gasteiger partial charge in [-0.1, -0.05) is 12.1 Å². The Hall–Kier alpha value is -2.76. The Balaban J connectivity index is 2.01. The maximum absolute atomic E-state index is 13.3. The van der Waals surface area contributed by atoms with E-state index in [9.17, 15) is 9.50 Å². The number of aromatic hydroxyl groups is 1. The van der Waals surface area contributed by atoms with Gasteiger partial charge in [0.2, 0.25) is 0 Å². The van der Waals surface area contributed by atoms with E-state index in [1.807, 2.05) is 18.0 Å². The molecule has 2 rings (SSSR count). The highest BCUT2D eigenvalue weighted by atomic mass is 19.1. The Morgan fingerprint density at radius 2 is 2.08 bits per heavy atom. The number of hydrogen-bond donors (Lipinski definition) is 2. The van der Waals surface area contributed by atoms with Gasteiger partial charge >= 0.3 is 0 Å². The summed E-state index contributed by atoms with van der Waals surface area (Å²) in [5, 5.41) is 13.1. The van der Waals surface area contributed by atoms with Crippen LogP contribution in [0.15, 0.2) is 47.5 Å². The minimum absolute atomic E-state index is 0.187. The number of phenolic OH excluding ortho intramolecular Hbond substituents is 1. The monoisotopic (exact) mass is 331 g/mol. The zero-order valence-electron chi connectivity index (χ0n) is 14.1. The van der Waals surface area contributed by atoms with Gasteiger partial charge in [0.1, 0.15) is 17.3 Å². The van der Waals surface area contributed by atoms with Gasteiger partial charge in [0, 0.05) is 32.7 Å². The van der Waals surface area contributed by atoms with Crippen molar-refractivity contribution in [1.29, 1.82) is 0 Å². The predicted molar refractivity (Wildman–Crippen MR) is 92.7 cm³/mol. The number of ether oxygens (including phenoxy) is 1. The van der Waals surface area contributed by atoms with Gasteiger partial charge in [-0.25, -0.2) is 4.39 Å². The molecule has 0 aliphatic heterocycles. The molecule has 2 N–H and O–H groups in total. The summed E-state index contributed by atoms with van der Waals surface area (Å²) < 4.78 is 18.4. The van der Waals surface area contributed by atoms with Crippen molar-refractivity contribution in [2.24, 2.45) is 4.99 Å². The number of guanidine groups is 1. The molecule has 5 nitrogen and oxygen atoms in total. The van der Waals surface area contributed by atoms with Crippen molar-refractivity contribution in [2.45, 2.75) is 13.1 Å². The molecule has 0 unspecified atom stereocenters. The SMILES string of the molecule is CN=C(NCc1cc(OC)ccc1O)N(C)Cc1cccc(F)c1. The number of rotatable bonds is 5. The van der Waals surface area contributed by atoms with E-state index < -0.39 is 0 Å². The van der Waals surface area contributed by atoms with Gasteiger partial charge in [-0.05, 0) is 35.9 Å². The van der Waals surface area contributed by atoms with Gasteiger partial charge in [-0.2, -0.15) is 0 Å². The maximum Gasteiger partial charge on any atom is 0.193 e. The molecule has 0 spiro atoms. The van der Waals surface area contributed by atoms with Crippen LogP contribution in [0.25, 0.3) is 0 Å². The summed E-state index contributed by atoms with van der Waals surface area (Å²) in [6.45, 7) is 0.907. The van der Waals surface area contributed by atoms with Gasteiger partial charge in [0.15, 0.2) is 5.96 Å². The standard InChI is InChI=1S/C18H22FN3O2/c1-20-18(22(2)12-13-5-4-6-15(19)9-13)21-11-14-10-16(24-3)7-8-17(14)23/h4-10,23H,11-12H2,1-3H3,(H,20,21). The highest BCUT2D eigenvalue weighted by molar-refractivity contribution is 5.79. The van der Waals surface area contributed by atoms with Gasteiger partial charge in [0.05, 0.1) is 7.11 Å². The van der Waals surface area contributed by atoms with Crippen molar-refractivity contribution >= 4 is 5.96 Å². The lowest BCUT2D eigenvalue weighted by Gasteiger charge is -2.22. The first-order chi connectivity index (χ1) is 11.5. The van der Waals surface area contributed by atoms with E-state index in [2.05, 4.69) is 10.3 Å². The summed E-state index contributed by atoms with van der Waals surface area (Å²) >= 11 is 0. The summed E-state index contributed by atoms with van der Waals surface area (Å²) in [4.78, 5) is 6.10. The van der Waals surface area contributed by atoms with Gasteiger partial charge in [0.25, 0.3) is 0 Å². The van der Waals surface area contributed by atoms with E-state index >= 15 is 0 Å². The van der Waals surface area contributed by atoms with Crippen LogP contribution in [-0.2, 0) is 13.1 Å². The van der Waals surface area contributed by atoms with Crippen LogP contribution in [0.5, 0.6) is 11.5 Å². The second kappa shape index (κ2) is 8.19. The zero-order valence-corrected chi connectivity index (χ0v) is 14.1. The molecule has 0 bridgehead atoms. The summed E-state index contributed by atoms with van der Waals surface area (Å²) in [6, 6.07) is 11.5. The highest BCUT2D eigenvalue weighted by Gasteiger charge is 2.09. The van der Waals surface area contributed by atoms with Crippen LogP contribution < -0.4 is 10.1 Å². The molecule has 2 aromatic rings. The average molecular weight is 331 g/mol. The Morgan fingerprint density at radius 3 is 2.75 bits per heavy atom. The number of benzene rings is 2. The Morgan fingerprint density at radius 1 is 1.29 bits per heavy atom. The molecular weight excluding hydrogens is 309 g/mol. The lowest BCUT2D eigenvalue weighted by molar-refractivity contribution is 0.410. The Bertz CT molecular complexity index is 719. The molecule has 6 heteroatoms. The smallest absolute Gasteiger partial charge is 0.193 e. The van der Waals surface area contributed by atoms with Crippen LogP contribution >= 0.6 is 0 Å². The van der Waals surface area contributed by atoms with Crippen LogP contribution in [0.4, 0.5) is 4.39 Å². The molecule has 0 heterocycles. The number of phenols is 1. The molecule has 0 saturated heterocycles. The summed E-state index contributed by atoms with van der Waals surface area (Å²) in [6.07, 6.45) is 0. The van der Waals surface area contributed by atoms with Gasteiger partial charge < -0.3 is 20.1 Å². The van der Waals surface area contributed by atoms with E-state index in [1.165, 1.54) is 12.1 Å². The first kappa shape index (κ1) is 17.6. The molecule has 0 aliphatic carbocycles. The van der Waals surface area contributed by atoms with E-state index in [0.717, 1.165) is 5.56 Å². The molecule has 0 amide bonds. The van der Waals surface area contributed by atoms with Crippen molar-refractivity contribution in [3.05, 3.63) is 59.4 Å². The summed E-state index contributed by atoms with van der Waals surface area (Å²) in [5.74, 6) is 1.24. The highest BCUT2D eigenvalue weighted by Crippen LogP contribution is 2.22. The van der Waals surface area contributed by atoms with E-state index in [4.69, 9.17) is 4.74 Å². The third-order valence-corrected chi connectivity index (χ3v) is 3.61. The molecule has 0 fully saturated rings. The first-order valence-electron chi connectivity index (χ1n) is 7.55. The van der Waals surface area contributed by atoms with Gasteiger partial charge in [-0.15, -0.1) is 0 Å². The number of aliphatic imine (C=N–C) groups is 1. The Labute approximate surface area is 141 Å². The van der Waals surface area contributed by atoms with Crippen LogP contribution in [0, 0.1) is 5.82 Å². The fraction of sp³-hybridized carbons (Fsp3) is 0.278. The molecule has 0 aromatic heterocycles. The minimum atomic E-state index is -0.259. The number of nitrogens with one attached hydrogen (secondary N) is 1. The largest absolute Gasteiger partial charge is 0.508 e. The van der Waals surface area contributed by atoms with Crippen LogP contribution in [0.2, 0.25) is 0 Å². The second-order valence-corrected chi connectivity index (χ2v) is 5.38. The normalized spacial score (nSPS) is 11.2. The number of nitrogens with zero attached hydrogens (tertiary/aromatic N) is 2. The fourth-order valence-corrected chi connectivity index (χ4v) is 2.37.